The SMILES string of the molecule is COc1ccc(NC(=O)C2CC(=O)N(c3cccc(Cl)c3)C2)cc1. The average molecular weight is 345 g/mol. The second kappa shape index (κ2) is 6.93. The molecular formula is C18H17ClN2O3. The molecule has 1 heterocycles. The zero-order valence-corrected chi connectivity index (χ0v) is 13.9. The van der Waals surface area contributed by atoms with Gasteiger partial charge in [-0.25, -0.2) is 0 Å². The van der Waals surface area contributed by atoms with Crippen LogP contribution in [0.4, 0.5) is 11.4 Å². The lowest BCUT2D eigenvalue weighted by atomic mass is 10.1. The number of rotatable bonds is 4. The Labute approximate surface area is 145 Å². The van der Waals surface area contributed by atoms with Gasteiger partial charge in [-0.05, 0) is 42.5 Å². The third-order valence-corrected chi connectivity index (χ3v) is 4.21. The van der Waals surface area contributed by atoms with Gasteiger partial charge in [-0.3, -0.25) is 9.59 Å². The normalized spacial score (nSPS) is 17.0. The van der Waals surface area contributed by atoms with E-state index in [9.17, 15) is 9.59 Å². The Morgan fingerprint density at radius 3 is 2.67 bits per heavy atom. The minimum Gasteiger partial charge on any atom is -0.497 e. The van der Waals surface area contributed by atoms with Crippen molar-refractivity contribution in [2.45, 2.75) is 6.42 Å². The Balaban J connectivity index is 1.67. The van der Waals surface area contributed by atoms with E-state index < -0.39 is 5.92 Å². The molecule has 3 rings (SSSR count). The van der Waals surface area contributed by atoms with Crippen LogP contribution >= 0.6 is 11.6 Å². The molecule has 0 radical (unpaired) electrons. The molecule has 1 atom stereocenters. The van der Waals surface area contributed by atoms with Crippen LogP contribution in [0.25, 0.3) is 0 Å². The van der Waals surface area contributed by atoms with Crippen LogP contribution < -0.4 is 15.0 Å². The van der Waals surface area contributed by atoms with Crippen LogP contribution in [-0.4, -0.2) is 25.5 Å². The molecule has 1 aliphatic rings. The summed E-state index contributed by atoms with van der Waals surface area (Å²) in [5.74, 6) is 0.0833. The average Bonchev–Trinajstić information content (AvgIpc) is 2.97. The minimum atomic E-state index is -0.390. The minimum absolute atomic E-state index is 0.0767. The first-order valence-electron chi connectivity index (χ1n) is 7.57. The zero-order chi connectivity index (χ0) is 17.1. The van der Waals surface area contributed by atoms with E-state index in [0.717, 1.165) is 5.75 Å². The highest BCUT2D eigenvalue weighted by Gasteiger charge is 2.35. The van der Waals surface area contributed by atoms with Gasteiger partial charge in [0.25, 0.3) is 0 Å². The summed E-state index contributed by atoms with van der Waals surface area (Å²) in [7, 11) is 1.59. The highest BCUT2D eigenvalue weighted by molar-refractivity contribution is 6.31. The summed E-state index contributed by atoms with van der Waals surface area (Å²) in [5.41, 5.74) is 1.39. The number of hydrogen-bond donors (Lipinski definition) is 1. The van der Waals surface area contributed by atoms with Crippen molar-refractivity contribution in [3.05, 3.63) is 53.6 Å². The number of nitrogens with zero attached hydrogens (tertiary/aromatic N) is 1. The molecule has 124 valence electrons. The predicted octanol–water partition coefficient (Wildman–Crippen LogP) is 3.34. The number of ether oxygens (including phenoxy) is 1. The largest absolute Gasteiger partial charge is 0.497 e. The van der Waals surface area contributed by atoms with Crippen molar-refractivity contribution in [2.24, 2.45) is 5.92 Å². The lowest BCUT2D eigenvalue weighted by Crippen LogP contribution is -2.28. The first-order chi connectivity index (χ1) is 11.6. The number of methoxy groups -OCH3 is 1. The van der Waals surface area contributed by atoms with Gasteiger partial charge in [0.2, 0.25) is 11.8 Å². The first kappa shape index (κ1) is 16.3. The summed E-state index contributed by atoms with van der Waals surface area (Å²) in [6, 6.07) is 14.2. The highest BCUT2D eigenvalue weighted by atomic mass is 35.5. The molecule has 2 aromatic rings. The number of nitrogens with one attached hydrogen (secondary N) is 1. The molecule has 24 heavy (non-hydrogen) atoms. The van der Waals surface area contributed by atoms with Crippen LogP contribution in [0.5, 0.6) is 5.75 Å². The number of halogens is 1. The topological polar surface area (TPSA) is 58.6 Å². The van der Waals surface area contributed by atoms with Crippen molar-refractivity contribution in [1.29, 1.82) is 0 Å². The summed E-state index contributed by atoms with van der Waals surface area (Å²) < 4.78 is 5.09. The summed E-state index contributed by atoms with van der Waals surface area (Å²) in [4.78, 5) is 26.2. The molecule has 1 fully saturated rings. The molecule has 0 aromatic heterocycles. The highest BCUT2D eigenvalue weighted by Crippen LogP contribution is 2.28. The van der Waals surface area contributed by atoms with Gasteiger partial charge in [-0.2, -0.15) is 0 Å². The predicted molar refractivity (Wildman–Crippen MR) is 93.5 cm³/mol. The number of carbonyl (C=O) groups excluding carboxylic acids is 2. The molecule has 2 amide bonds. The number of benzene rings is 2. The van der Waals surface area contributed by atoms with Crippen molar-refractivity contribution in [3.8, 4) is 5.75 Å². The van der Waals surface area contributed by atoms with Gasteiger partial charge in [0.1, 0.15) is 5.75 Å². The van der Waals surface area contributed by atoms with E-state index in [4.69, 9.17) is 16.3 Å². The van der Waals surface area contributed by atoms with E-state index >= 15 is 0 Å². The summed E-state index contributed by atoms with van der Waals surface area (Å²) in [6.45, 7) is 0.348. The third kappa shape index (κ3) is 3.51. The van der Waals surface area contributed by atoms with E-state index in [2.05, 4.69) is 5.32 Å². The van der Waals surface area contributed by atoms with Crippen LogP contribution in [0.2, 0.25) is 5.02 Å². The molecule has 0 saturated carbocycles. The van der Waals surface area contributed by atoms with Crippen molar-refractivity contribution in [2.75, 3.05) is 23.9 Å². The molecule has 0 aliphatic carbocycles. The first-order valence-corrected chi connectivity index (χ1v) is 7.95. The molecule has 1 aliphatic heterocycles. The van der Waals surface area contributed by atoms with Gasteiger partial charge in [0.15, 0.2) is 0 Å². The van der Waals surface area contributed by atoms with Gasteiger partial charge < -0.3 is 15.0 Å². The Morgan fingerprint density at radius 1 is 1.25 bits per heavy atom. The van der Waals surface area contributed by atoms with Crippen molar-refractivity contribution in [1.82, 2.24) is 0 Å². The molecule has 5 nitrogen and oxygen atoms in total. The maximum Gasteiger partial charge on any atom is 0.229 e. The van der Waals surface area contributed by atoms with Gasteiger partial charge in [-0.1, -0.05) is 17.7 Å². The second-order valence-electron chi connectivity index (χ2n) is 5.60. The van der Waals surface area contributed by atoms with E-state index in [1.54, 1.807) is 54.5 Å². The van der Waals surface area contributed by atoms with E-state index in [0.29, 0.717) is 22.9 Å². The van der Waals surface area contributed by atoms with Gasteiger partial charge in [-0.15, -0.1) is 0 Å². The molecular weight excluding hydrogens is 328 g/mol. The molecule has 1 saturated heterocycles. The number of amides is 2. The van der Waals surface area contributed by atoms with Crippen LogP contribution in [0.15, 0.2) is 48.5 Å². The fraction of sp³-hybridized carbons (Fsp3) is 0.222. The lowest BCUT2D eigenvalue weighted by molar-refractivity contribution is -0.122. The summed E-state index contributed by atoms with van der Waals surface area (Å²) in [5, 5.41) is 3.40. The quantitative estimate of drug-likeness (QED) is 0.925. The van der Waals surface area contributed by atoms with E-state index in [1.807, 2.05) is 6.07 Å². The van der Waals surface area contributed by atoms with Crippen molar-refractivity contribution in [3.63, 3.8) is 0 Å². The van der Waals surface area contributed by atoms with Gasteiger partial charge in [0.05, 0.1) is 13.0 Å². The molecule has 2 aromatic carbocycles. The van der Waals surface area contributed by atoms with Crippen molar-refractivity contribution >= 4 is 34.8 Å². The maximum atomic E-state index is 12.4. The number of carbonyl (C=O) groups is 2. The van der Waals surface area contributed by atoms with Crippen LogP contribution in [0, 0.1) is 5.92 Å². The molecule has 0 bridgehead atoms. The molecule has 1 N–H and O–H groups in total. The van der Waals surface area contributed by atoms with Crippen LogP contribution in [0.1, 0.15) is 6.42 Å². The summed E-state index contributed by atoms with van der Waals surface area (Å²) in [6.07, 6.45) is 0.189. The maximum absolute atomic E-state index is 12.4. The lowest BCUT2D eigenvalue weighted by Gasteiger charge is -2.17. The Kier molecular flexibility index (Phi) is 4.71. The fourth-order valence-electron chi connectivity index (χ4n) is 2.70. The van der Waals surface area contributed by atoms with E-state index in [1.165, 1.54) is 0 Å². The Bertz CT molecular complexity index is 761. The van der Waals surface area contributed by atoms with Gasteiger partial charge >= 0.3 is 0 Å². The Hall–Kier alpha value is -2.53. The van der Waals surface area contributed by atoms with Gasteiger partial charge in [0, 0.05) is 29.4 Å². The summed E-state index contributed by atoms with van der Waals surface area (Å²) >= 11 is 5.97. The standard InChI is InChI=1S/C18H17ClN2O3/c1-24-16-7-5-14(6-8-16)20-18(23)12-9-17(22)21(11-12)15-4-2-3-13(19)10-15/h2-8,10,12H,9,11H2,1H3,(H,20,23). The monoisotopic (exact) mass is 344 g/mol. The van der Waals surface area contributed by atoms with Crippen LogP contribution in [0.3, 0.4) is 0 Å². The second-order valence-corrected chi connectivity index (χ2v) is 6.04. The van der Waals surface area contributed by atoms with Crippen molar-refractivity contribution < 1.29 is 14.3 Å². The fourth-order valence-corrected chi connectivity index (χ4v) is 2.88. The van der Waals surface area contributed by atoms with Crippen LogP contribution in [-0.2, 0) is 9.59 Å². The smallest absolute Gasteiger partial charge is 0.229 e. The van der Waals surface area contributed by atoms with E-state index in [-0.39, 0.29) is 18.2 Å². The zero-order valence-electron chi connectivity index (χ0n) is 13.2. The Morgan fingerprint density at radius 2 is 2.00 bits per heavy atom. The molecule has 6 heteroatoms. The molecule has 0 spiro atoms. The number of anilines is 2. The number of hydrogen-bond acceptors (Lipinski definition) is 3. The third-order valence-electron chi connectivity index (χ3n) is 3.97. The molecule has 1 unspecified atom stereocenters.